The second kappa shape index (κ2) is 4.45. The summed E-state index contributed by atoms with van der Waals surface area (Å²) in [4.78, 5) is 5.30. The van der Waals surface area contributed by atoms with Crippen LogP contribution in [-0.2, 0) is 12.8 Å². The van der Waals surface area contributed by atoms with Crippen molar-refractivity contribution in [3.05, 3.63) is 46.5 Å². The van der Waals surface area contributed by atoms with Crippen molar-refractivity contribution < 1.29 is 0 Å². The molecule has 0 spiro atoms. The quantitative estimate of drug-likeness (QED) is 0.860. The molecule has 0 aliphatic rings. The third kappa shape index (κ3) is 2.80. The van der Waals surface area contributed by atoms with Crippen LogP contribution in [0.25, 0.3) is 0 Å². The van der Waals surface area contributed by atoms with E-state index < -0.39 is 0 Å². The van der Waals surface area contributed by atoms with Crippen molar-refractivity contribution in [2.45, 2.75) is 19.8 Å². The molecule has 0 aliphatic heterocycles. The number of aryl methyl sites for hydroxylation is 3. The molecule has 1 aromatic carbocycles. The molecular weight excluding hydrogens is 204 g/mol. The number of rotatable bonds is 3. The predicted molar refractivity (Wildman–Crippen MR) is 65.1 cm³/mol. The van der Waals surface area contributed by atoms with E-state index in [-0.39, 0.29) is 0 Å². The lowest BCUT2D eigenvalue weighted by Crippen LogP contribution is -1.89. The van der Waals surface area contributed by atoms with Crippen LogP contribution >= 0.6 is 11.3 Å². The summed E-state index contributed by atoms with van der Waals surface area (Å²) in [6.07, 6.45) is 3.96. The van der Waals surface area contributed by atoms with Gasteiger partial charge < -0.3 is 5.73 Å². The number of thiazole rings is 1. The van der Waals surface area contributed by atoms with E-state index in [0.29, 0.717) is 5.13 Å². The molecule has 15 heavy (non-hydrogen) atoms. The van der Waals surface area contributed by atoms with Crippen molar-refractivity contribution in [3.63, 3.8) is 0 Å². The van der Waals surface area contributed by atoms with Crippen LogP contribution in [0.2, 0.25) is 0 Å². The van der Waals surface area contributed by atoms with E-state index in [1.54, 1.807) is 11.3 Å². The Morgan fingerprint density at radius 1 is 1.33 bits per heavy atom. The molecule has 0 saturated carbocycles. The van der Waals surface area contributed by atoms with Crippen molar-refractivity contribution in [1.82, 2.24) is 4.98 Å². The lowest BCUT2D eigenvalue weighted by Gasteiger charge is -2.00. The number of nitrogen functional groups attached to an aromatic ring is 1. The third-order valence-corrected chi connectivity index (χ3v) is 3.20. The zero-order chi connectivity index (χ0) is 10.7. The lowest BCUT2D eigenvalue weighted by molar-refractivity contribution is 0.974. The van der Waals surface area contributed by atoms with Gasteiger partial charge in [0, 0.05) is 11.1 Å². The summed E-state index contributed by atoms with van der Waals surface area (Å²) >= 11 is 1.58. The Morgan fingerprint density at radius 3 is 2.87 bits per heavy atom. The van der Waals surface area contributed by atoms with Crippen LogP contribution in [-0.4, -0.2) is 4.98 Å². The molecule has 0 radical (unpaired) electrons. The second-order valence-corrected chi connectivity index (χ2v) is 4.80. The Balaban J connectivity index is 1.99. The number of nitrogens with zero attached hydrogens (tertiary/aromatic N) is 1. The Labute approximate surface area is 93.8 Å². The van der Waals surface area contributed by atoms with E-state index in [2.05, 4.69) is 36.2 Å². The second-order valence-electron chi connectivity index (χ2n) is 3.65. The minimum atomic E-state index is 0.661. The third-order valence-electron chi connectivity index (χ3n) is 2.31. The van der Waals surface area contributed by atoms with Crippen molar-refractivity contribution in [2.75, 3.05) is 5.73 Å². The first kappa shape index (κ1) is 10.2. The smallest absolute Gasteiger partial charge is 0.180 e. The normalized spacial score (nSPS) is 10.5. The van der Waals surface area contributed by atoms with E-state index in [1.807, 2.05) is 6.20 Å². The Kier molecular flexibility index (Phi) is 3.02. The van der Waals surface area contributed by atoms with Gasteiger partial charge in [-0.1, -0.05) is 29.8 Å². The maximum absolute atomic E-state index is 5.58. The molecule has 2 aromatic rings. The lowest BCUT2D eigenvalue weighted by atomic mass is 10.1. The summed E-state index contributed by atoms with van der Waals surface area (Å²) in [5.41, 5.74) is 8.27. The van der Waals surface area contributed by atoms with Crippen LogP contribution in [0.5, 0.6) is 0 Å². The summed E-state index contributed by atoms with van der Waals surface area (Å²) < 4.78 is 0. The maximum atomic E-state index is 5.58. The van der Waals surface area contributed by atoms with Gasteiger partial charge in [0.15, 0.2) is 5.13 Å². The van der Waals surface area contributed by atoms with Gasteiger partial charge in [-0.15, -0.1) is 11.3 Å². The van der Waals surface area contributed by atoms with Crippen molar-refractivity contribution >= 4 is 16.5 Å². The fourth-order valence-corrected chi connectivity index (χ4v) is 2.26. The van der Waals surface area contributed by atoms with E-state index in [0.717, 1.165) is 12.8 Å². The van der Waals surface area contributed by atoms with Gasteiger partial charge in [0.2, 0.25) is 0 Å². The minimum absolute atomic E-state index is 0.661. The van der Waals surface area contributed by atoms with Crippen LogP contribution in [0.4, 0.5) is 5.13 Å². The van der Waals surface area contributed by atoms with E-state index in [9.17, 15) is 0 Å². The molecular formula is C12H14N2S. The molecule has 0 saturated heterocycles. The molecule has 78 valence electrons. The van der Waals surface area contributed by atoms with E-state index in [1.165, 1.54) is 16.0 Å². The average molecular weight is 218 g/mol. The average Bonchev–Trinajstić information content (AvgIpc) is 2.62. The van der Waals surface area contributed by atoms with E-state index >= 15 is 0 Å². The van der Waals surface area contributed by atoms with Gasteiger partial charge in [0.05, 0.1) is 0 Å². The van der Waals surface area contributed by atoms with Gasteiger partial charge in [0.1, 0.15) is 0 Å². The minimum Gasteiger partial charge on any atom is -0.375 e. The SMILES string of the molecule is Cc1cccc(CCc2cnc(N)s2)c1. The van der Waals surface area contributed by atoms with Gasteiger partial charge in [0.25, 0.3) is 0 Å². The summed E-state index contributed by atoms with van der Waals surface area (Å²) in [5.74, 6) is 0. The highest BCUT2D eigenvalue weighted by molar-refractivity contribution is 7.15. The van der Waals surface area contributed by atoms with Crippen molar-refractivity contribution in [1.29, 1.82) is 0 Å². The molecule has 0 aliphatic carbocycles. The zero-order valence-corrected chi connectivity index (χ0v) is 9.55. The first-order chi connectivity index (χ1) is 7.24. The van der Waals surface area contributed by atoms with Crippen LogP contribution in [0.1, 0.15) is 16.0 Å². The summed E-state index contributed by atoms with van der Waals surface area (Å²) in [6, 6.07) is 8.61. The predicted octanol–water partition coefficient (Wildman–Crippen LogP) is 2.82. The van der Waals surface area contributed by atoms with Crippen LogP contribution < -0.4 is 5.73 Å². The molecule has 1 heterocycles. The number of anilines is 1. The standard InChI is InChI=1S/C12H14N2S/c1-9-3-2-4-10(7-9)5-6-11-8-14-12(13)15-11/h2-4,7-8H,5-6H2,1H3,(H2,13,14). The van der Waals surface area contributed by atoms with Gasteiger partial charge in [-0.2, -0.15) is 0 Å². The van der Waals surface area contributed by atoms with E-state index in [4.69, 9.17) is 5.73 Å². The molecule has 0 amide bonds. The molecule has 0 fully saturated rings. The van der Waals surface area contributed by atoms with Gasteiger partial charge in [-0.05, 0) is 25.3 Å². The summed E-state index contributed by atoms with van der Waals surface area (Å²) in [7, 11) is 0. The first-order valence-electron chi connectivity index (χ1n) is 5.00. The van der Waals surface area contributed by atoms with Gasteiger partial charge >= 0.3 is 0 Å². The first-order valence-corrected chi connectivity index (χ1v) is 5.81. The van der Waals surface area contributed by atoms with Gasteiger partial charge in [-0.25, -0.2) is 4.98 Å². The number of benzene rings is 1. The molecule has 2 N–H and O–H groups in total. The molecule has 0 bridgehead atoms. The number of hydrogen-bond donors (Lipinski definition) is 1. The topological polar surface area (TPSA) is 38.9 Å². The molecule has 1 aromatic heterocycles. The maximum Gasteiger partial charge on any atom is 0.180 e. The molecule has 2 rings (SSSR count). The highest BCUT2D eigenvalue weighted by atomic mass is 32.1. The van der Waals surface area contributed by atoms with Crippen LogP contribution in [0.15, 0.2) is 30.5 Å². The Morgan fingerprint density at radius 2 is 2.20 bits per heavy atom. The Hall–Kier alpha value is -1.35. The van der Waals surface area contributed by atoms with Crippen LogP contribution in [0.3, 0.4) is 0 Å². The fraction of sp³-hybridized carbons (Fsp3) is 0.250. The van der Waals surface area contributed by atoms with Crippen molar-refractivity contribution in [3.8, 4) is 0 Å². The number of hydrogen-bond acceptors (Lipinski definition) is 3. The molecule has 0 unspecified atom stereocenters. The number of nitrogens with two attached hydrogens (primary N) is 1. The van der Waals surface area contributed by atoms with Crippen molar-refractivity contribution in [2.24, 2.45) is 0 Å². The molecule has 3 heteroatoms. The summed E-state index contributed by atoms with van der Waals surface area (Å²) in [5, 5.41) is 0.661. The summed E-state index contributed by atoms with van der Waals surface area (Å²) in [6.45, 7) is 2.12. The zero-order valence-electron chi connectivity index (χ0n) is 8.73. The number of aromatic nitrogens is 1. The van der Waals surface area contributed by atoms with Gasteiger partial charge in [-0.3, -0.25) is 0 Å². The molecule has 2 nitrogen and oxygen atoms in total. The highest BCUT2D eigenvalue weighted by Crippen LogP contribution is 2.17. The Bertz CT molecular complexity index is 448. The fourth-order valence-electron chi connectivity index (χ4n) is 1.57. The monoisotopic (exact) mass is 218 g/mol. The highest BCUT2D eigenvalue weighted by Gasteiger charge is 1.99. The largest absolute Gasteiger partial charge is 0.375 e. The molecule has 0 atom stereocenters. The van der Waals surface area contributed by atoms with Crippen LogP contribution in [0, 0.1) is 6.92 Å².